The molecule has 7 heteroatoms. The van der Waals surface area contributed by atoms with Crippen molar-refractivity contribution in [1.29, 1.82) is 0 Å². The van der Waals surface area contributed by atoms with Crippen molar-refractivity contribution in [3.05, 3.63) is 24.3 Å². The number of hydrogen-bond donors (Lipinski definition) is 1. The Bertz CT molecular complexity index is 647. The molecular formula is C14H19N3O3S. The molecular weight excluding hydrogens is 290 g/mol. The summed E-state index contributed by atoms with van der Waals surface area (Å²) in [7, 11) is -3.52. The van der Waals surface area contributed by atoms with Crippen LogP contribution in [0.2, 0.25) is 0 Å². The molecule has 21 heavy (non-hydrogen) atoms. The van der Waals surface area contributed by atoms with Gasteiger partial charge in [-0.05, 0) is 31.0 Å². The Kier molecular flexibility index (Phi) is 3.62. The molecule has 2 N–H and O–H groups in total. The highest BCUT2D eigenvalue weighted by molar-refractivity contribution is 7.89. The maximum Gasteiger partial charge on any atom is 0.243 e. The Morgan fingerprint density at radius 1 is 1.14 bits per heavy atom. The van der Waals surface area contributed by atoms with Crippen LogP contribution in [0.5, 0.6) is 0 Å². The highest BCUT2D eigenvalue weighted by Crippen LogP contribution is 2.31. The van der Waals surface area contributed by atoms with Gasteiger partial charge >= 0.3 is 0 Å². The minimum Gasteiger partial charge on any atom is -0.399 e. The lowest BCUT2D eigenvalue weighted by atomic mass is 10.3. The zero-order valence-corrected chi connectivity index (χ0v) is 12.6. The number of nitrogens with zero attached hydrogens (tertiary/aromatic N) is 2. The van der Waals surface area contributed by atoms with E-state index in [1.807, 2.05) is 0 Å². The number of carbonyl (C=O) groups excluding carboxylic acids is 1. The third kappa shape index (κ3) is 2.89. The van der Waals surface area contributed by atoms with E-state index in [1.54, 1.807) is 23.1 Å². The van der Waals surface area contributed by atoms with Crippen molar-refractivity contribution in [3.8, 4) is 0 Å². The van der Waals surface area contributed by atoms with Gasteiger partial charge in [-0.1, -0.05) is 6.07 Å². The van der Waals surface area contributed by atoms with Crippen LogP contribution in [0.1, 0.15) is 12.8 Å². The van der Waals surface area contributed by atoms with Crippen LogP contribution in [-0.2, 0) is 14.8 Å². The fraction of sp³-hybridized carbons (Fsp3) is 0.500. The second-order valence-corrected chi connectivity index (χ2v) is 7.51. The van der Waals surface area contributed by atoms with E-state index >= 15 is 0 Å². The van der Waals surface area contributed by atoms with E-state index in [4.69, 9.17) is 5.73 Å². The van der Waals surface area contributed by atoms with Gasteiger partial charge in [0.1, 0.15) is 0 Å². The van der Waals surface area contributed by atoms with Crippen LogP contribution in [0.15, 0.2) is 29.2 Å². The molecule has 6 nitrogen and oxygen atoms in total. The highest BCUT2D eigenvalue weighted by Gasteiger charge is 2.36. The lowest BCUT2D eigenvalue weighted by Crippen LogP contribution is -2.50. The molecule has 0 aromatic heterocycles. The van der Waals surface area contributed by atoms with E-state index in [9.17, 15) is 13.2 Å². The summed E-state index contributed by atoms with van der Waals surface area (Å²) < 4.78 is 26.5. The first-order valence-electron chi connectivity index (χ1n) is 7.13. The summed E-state index contributed by atoms with van der Waals surface area (Å²) in [4.78, 5) is 14.0. The molecule has 1 aromatic rings. The first kappa shape index (κ1) is 14.3. The predicted molar refractivity (Wildman–Crippen MR) is 78.9 cm³/mol. The zero-order valence-electron chi connectivity index (χ0n) is 11.7. The second-order valence-electron chi connectivity index (χ2n) is 5.58. The summed E-state index contributed by atoms with van der Waals surface area (Å²) >= 11 is 0. The summed E-state index contributed by atoms with van der Waals surface area (Å²) in [6.45, 7) is 1.62. The zero-order chi connectivity index (χ0) is 15.0. The van der Waals surface area contributed by atoms with E-state index < -0.39 is 10.0 Å². The average molecular weight is 309 g/mol. The number of hydrogen-bond acceptors (Lipinski definition) is 4. The van der Waals surface area contributed by atoms with Crippen molar-refractivity contribution in [2.45, 2.75) is 17.7 Å². The quantitative estimate of drug-likeness (QED) is 0.825. The standard InChI is InChI=1S/C14H19N3O3S/c15-12-2-1-3-13(10-12)21(19,20)17-8-6-16(7-9-17)14(18)11-4-5-11/h1-3,10-11H,4-9,15H2. The van der Waals surface area contributed by atoms with Crippen LogP contribution >= 0.6 is 0 Å². The Morgan fingerprint density at radius 2 is 1.81 bits per heavy atom. The number of piperazine rings is 1. The molecule has 0 bridgehead atoms. The SMILES string of the molecule is Nc1cccc(S(=O)(=O)N2CCN(C(=O)C3CC3)CC2)c1. The molecule has 0 atom stereocenters. The van der Waals surface area contributed by atoms with Crippen molar-refractivity contribution < 1.29 is 13.2 Å². The van der Waals surface area contributed by atoms with Crippen molar-refractivity contribution in [1.82, 2.24) is 9.21 Å². The maximum absolute atomic E-state index is 12.5. The number of carbonyl (C=O) groups is 1. The topological polar surface area (TPSA) is 83.7 Å². The minimum atomic E-state index is -3.52. The Balaban J connectivity index is 1.69. The first-order valence-corrected chi connectivity index (χ1v) is 8.57. The number of amides is 1. The van der Waals surface area contributed by atoms with E-state index in [2.05, 4.69) is 0 Å². The highest BCUT2D eigenvalue weighted by atomic mass is 32.2. The summed E-state index contributed by atoms with van der Waals surface area (Å²) in [6, 6.07) is 6.31. The summed E-state index contributed by atoms with van der Waals surface area (Å²) in [5.74, 6) is 0.359. The van der Waals surface area contributed by atoms with Gasteiger partial charge in [0.2, 0.25) is 15.9 Å². The molecule has 1 saturated carbocycles. The molecule has 3 rings (SSSR count). The van der Waals surface area contributed by atoms with E-state index in [1.165, 1.54) is 10.4 Å². The third-order valence-corrected chi connectivity index (χ3v) is 5.87. The van der Waals surface area contributed by atoms with Crippen LogP contribution in [-0.4, -0.2) is 49.7 Å². The first-order chi connectivity index (χ1) is 9.98. The third-order valence-electron chi connectivity index (χ3n) is 3.97. The number of benzene rings is 1. The van der Waals surface area contributed by atoms with Gasteiger partial charge in [-0.15, -0.1) is 0 Å². The molecule has 2 fully saturated rings. The molecule has 1 amide bonds. The average Bonchev–Trinajstić information content (AvgIpc) is 3.31. The Labute approximate surface area is 124 Å². The molecule has 1 aromatic carbocycles. The van der Waals surface area contributed by atoms with Gasteiger partial charge < -0.3 is 10.6 Å². The van der Waals surface area contributed by atoms with Gasteiger partial charge in [0, 0.05) is 37.8 Å². The minimum absolute atomic E-state index is 0.177. The van der Waals surface area contributed by atoms with Crippen molar-refractivity contribution in [3.63, 3.8) is 0 Å². The van der Waals surface area contributed by atoms with E-state index in [0.717, 1.165) is 12.8 Å². The van der Waals surface area contributed by atoms with Crippen LogP contribution < -0.4 is 5.73 Å². The normalized spacial score (nSPS) is 20.5. The molecule has 1 heterocycles. The lowest BCUT2D eigenvalue weighted by molar-refractivity contribution is -0.133. The summed E-state index contributed by atoms with van der Waals surface area (Å²) in [5.41, 5.74) is 6.08. The molecule has 1 aliphatic carbocycles. The van der Waals surface area contributed by atoms with Crippen LogP contribution in [0.3, 0.4) is 0 Å². The van der Waals surface area contributed by atoms with Crippen molar-refractivity contribution in [2.75, 3.05) is 31.9 Å². The number of anilines is 1. The Hall–Kier alpha value is -1.60. The monoisotopic (exact) mass is 309 g/mol. The molecule has 0 radical (unpaired) electrons. The van der Waals surface area contributed by atoms with Crippen LogP contribution in [0.4, 0.5) is 5.69 Å². The smallest absolute Gasteiger partial charge is 0.243 e. The van der Waals surface area contributed by atoms with E-state index in [0.29, 0.717) is 31.9 Å². The molecule has 114 valence electrons. The summed E-state index contributed by atoms with van der Waals surface area (Å²) in [5, 5.41) is 0. The number of rotatable bonds is 3. The van der Waals surface area contributed by atoms with Gasteiger partial charge in [-0.25, -0.2) is 8.42 Å². The van der Waals surface area contributed by atoms with Crippen LogP contribution in [0.25, 0.3) is 0 Å². The predicted octanol–water partition coefficient (Wildman–Crippen LogP) is 0.512. The van der Waals surface area contributed by atoms with Gasteiger partial charge in [0.05, 0.1) is 4.90 Å². The van der Waals surface area contributed by atoms with Crippen LogP contribution in [0, 0.1) is 5.92 Å². The molecule has 1 saturated heterocycles. The number of sulfonamides is 1. The molecule has 0 spiro atoms. The largest absolute Gasteiger partial charge is 0.399 e. The molecule has 0 unspecified atom stereocenters. The molecule has 2 aliphatic rings. The Morgan fingerprint density at radius 3 is 2.38 bits per heavy atom. The van der Waals surface area contributed by atoms with Gasteiger partial charge in [0.25, 0.3) is 0 Å². The fourth-order valence-electron chi connectivity index (χ4n) is 2.56. The van der Waals surface area contributed by atoms with E-state index in [-0.39, 0.29) is 16.7 Å². The van der Waals surface area contributed by atoms with Gasteiger partial charge in [-0.2, -0.15) is 4.31 Å². The lowest BCUT2D eigenvalue weighted by Gasteiger charge is -2.34. The summed E-state index contributed by atoms with van der Waals surface area (Å²) in [6.07, 6.45) is 1.95. The molecule has 1 aliphatic heterocycles. The number of nitrogen functional groups attached to an aromatic ring is 1. The van der Waals surface area contributed by atoms with Crippen molar-refractivity contribution in [2.24, 2.45) is 5.92 Å². The maximum atomic E-state index is 12.5. The van der Waals surface area contributed by atoms with Gasteiger partial charge in [-0.3, -0.25) is 4.79 Å². The number of nitrogens with two attached hydrogens (primary N) is 1. The van der Waals surface area contributed by atoms with Gasteiger partial charge in [0.15, 0.2) is 0 Å². The fourth-order valence-corrected chi connectivity index (χ4v) is 4.04. The van der Waals surface area contributed by atoms with Crippen molar-refractivity contribution >= 4 is 21.6 Å². The second kappa shape index (κ2) is 5.31.